The Balaban J connectivity index is 1.50. The summed E-state index contributed by atoms with van der Waals surface area (Å²) in [5, 5.41) is 3.30. The van der Waals surface area contributed by atoms with Crippen LogP contribution in [0.25, 0.3) is 11.1 Å². The van der Waals surface area contributed by atoms with Crippen molar-refractivity contribution >= 4 is 22.9 Å². The number of nitrogens with zero attached hydrogens (tertiary/aromatic N) is 2. The van der Waals surface area contributed by atoms with Crippen LogP contribution in [0.3, 0.4) is 0 Å². The Hall–Kier alpha value is -3.22. The normalized spacial score (nSPS) is 21.6. The molecular formula is C26H31N3O4. The molecule has 174 valence electrons. The number of ether oxygens (including phenoxy) is 1. The van der Waals surface area contributed by atoms with Crippen molar-refractivity contribution in [1.29, 1.82) is 0 Å². The predicted molar refractivity (Wildman–Crippen MR) is 125 cm³/mol. The number of fused-ring (bicyclic) bond motifs is 3. The first-order valence-corrected chi connectivity index (χ1v) is 11.8. The summed E-state index contributed by atoms with van der Waals surface area (Å²) in [6.45, 7) is 2.60. The number of rotatable bonds is 5. The number of hydrogen-bond acceptors (Lipinski definition) is 4. The van der Waals surface area contributed by atoms with Crippen LogP contribution in [0.5, 0.6) is 5.75 Å². The Bertz CT molecular complexity index is 1150. The summed E-state index contributed by atoms with van der Waals surface area (Å²) in [6.07, 6.45) is 8.31. The Labute approximate surface area is 193 Å². The lowest BCUT2D eigenvalue weighted by Gasteiger charge is -2.44. The number of nitrogens with one attached hydrogen (secondary N) is 1. The van der Waals surface area contributed by atoms with E-state index >= 15 is 0 Å². The van der Waals surface area contributed by atoms with Crippen LogP contribution in [0.4, 0.5) is 0 Å². The summed E-state index contributed by atoms with van der Waals surface area (Å²) >= 11 is 0. The molecule has 2 aromatic heterocycles. The fourth-order valence-corrected chi connectivity index (χ4v) is 5.20. The third kappa shape index (κ3) is 3.90. The zero-order valence-corrected chi connectivity index (χ0v) is 19.3. The second-order valence-corrected chi connectivity index (χ2v) is 9.46. The second-order valence-electron chi connectivity index (χ2n) is 9.46. The summed E-state index contributed by atoms with van der Waals surface area (Å²) in [6, 6.07) is 11.4. The fourth-order valence-electron chi connectivity index (χ4n) is 5.20. The number of hydrogen-bond donors (Lipinski definition) is 1. The van der Waals surface area contributed by atoms with E-state index < -0.39 is 5.54 Å². The average molecular weight is 450 g/mol. The summed E-state index contributed by atoms with van der Waals surface area (Å²) in [5.41, 5.74) is 1.98. The number of carbonyl (C=O) groups is 2. The molecule has 1 aromatic carbocycles. The zero-order valence-electron chi connectivity index (χ0n) is 19.3. The lowest BCUT2D eigenvalue weighted by atomic mass is 9.93. The van der Waals surface area contributed by atoms with E-state index in [0.717, 1.165) is 42.5 Å². The molecule has 2 aliphatic rings. The first-order valence-electron chi connectivity index (χ1n) is 11.8. The minimum absolute atomic E-state index is 0.0905. The molecule has 33 heavy (non-hydrogen) atoms. The van der Waals surface area contributed by atoms with E-state index in [9.17, 15) is 9.59 Å². The molecule has 0 spiro atoms. The molecule has 1 fully saturated rings. The van der Waals surface area contributed by atoms with Gasteiger partial charge >= 0.3 is 0 Å². The maximum Gasteiger partial charge on any atom is 0.271 e. The monoisotopic (exact) mass is 449 g/mol. The zero-order chi connectivity index (χ0) is 23.0. The number of methoxy groups -OCH3 is 1. The van der Waals surface area contributed by atoms with Crippen molar-refractivity contribution in [1.82, 2.24) is 14.8 Å². The minimum atomic E-state index is -1.03. The molecule has 1 N–H and O–H groups in total. The Morgan fingerprint density at radius 3 is 2.58 bits per heavy atom. The smallest absolute Gasteiger partial charge is 0.271 e. The van der Waals surface area contributed by atoms with Gasteiger partial charge in [0, 0.05) is 24.7 Å². The van der Waals surface area contributed by atoms with Crippen LogP contribution in [0.2, 0.25) is 0 Å². The molecule has 1 aliphatic carbocycles. The molecule has 0 bridgehead atoms. The van der Waals surface area contributed by atoms with Crippen molar-refractivity contribution in [3.8, 4) is 5.75 Å². The van der Waals surface area contributed by atoms with Gasteiger partial charge in [-0.3, -0.25) is 9.59 Å². The van der Waals surface area contributed by atoms with Gasteiger partial charge in [-0.2, -0.15) is 0 Å². The quantitative estimate of drug-likeness (QED) is 0.582. The lowest BCUT2D eigenvalue weighted by Crippen LogP contribution is -2.64. The SMILES string of the molecule is COc1ccc(CN2C(=O)c3cc4occc4n3C[C@@]2(C)C(=O)NC2CCCCCC2)cc1. The van der Waals surface area contributed by atoms with Crippen molar-refractivity contribution in [2.24, 2.45) is 0 Å². The van der Waals surface area contributed by atoms with Gasteiger partial charge in [0.2, 0.25) is 5.91 Å². The number of benzene rings is 1. The van der Waals surface area contributed by atoms with Crippen LogP contribution < -0.4 is 10.1 Å². The summed E-state index contributed by atoms with van der Waals surface area (Å²) < 4.78 is 12.8. The number of carbonyl (C=O) groups excluding carboxylic acids is 2. The molecule has 1 atom stereocenters. The van der Waals surface area contributed by atoms with Gasteiger partial charge in [-0.25, -0.2) is 0 Å². The largest absolute Gasteiger partial charge is 0.497 e. The maximum absolute atomic E-state index is 13.8. The van der Waals surface area contributed by atoms with Crippen LogP contribution in [0, 0.1) is 0 Å². The third-order valence-electron chi connectivity index (χ3n) is 7.23. The van der Waals surface area contributed by atoms with Gasteiger partial charge in [0.25, 0.3) is 5.91 Å². The van der Waals surface area contributed by atoms with Gasteiger partial charge in [-0.15, -0.1) is 0 Å². The molecule has 1 aliphatic heterocycles. The van der Waals surface area contributed by atoms with Crippen LogP contribution >= 0.6 is 0 Å². The molecular weight excluding hydrogens is 418 g/mol. The van der Waals surface area contributed by atoms with Gasteiger partial charge in [0.15, 0.2) is 5.58 Å². The third-order valence-corrected chi connectivity index (χ3v) is 7.23. The minimum Gasteiger partial charge on any atom is -0.497 e. The average Bonchev–Trinajstić information content (AvgIpc) is 3.31. The molecule has 5 rings (SSSR count). The Morgan fingerprint density at radius 1 is 1.15 bits per heavy atom. The van der Waals surface area contributed by atoms with Crippen LogP contribution in [0.15, 0.2) is 47.1 Å². The Morgan fingerprint density at radius 2 is 1.88 bits per heavy atom. The fraction of sp³-hybridized carbons (Fsp3) is 0.462. The van der Waals surface area contributed by atoms with E-state index in [4.69, 9.17) is 9.15 Å². The first-order chi connectivity index (χ1) is 16.0. The second kappa shape index (κ2) is 8.61. The van der Waals surface area contributed by atoms with Crippen LogP contribution in [-0.2, 0) is 17.9 Å². The number of furan rings is 1. The van der Waals surface area contributed by atoms with E-state index in [-0.39, 0.29) is 17.9 Å². The van der Waals surface area contributed by atoms with Crippen LogP contribution in [-0.4, -0.2) is 40.0 Å². The van der Waals surface area contributed by atoms with Crippen molar-refractivity contribution in [3.63, 3.8) is 0 Å². The predicted octanol–water partition coefficient (Wildman–Crippen LogP) is 4.50. The van der Waals surface area contributed by atoms with Crippen molar-refractivity contribution < 1.29 is 18.7 Å². The molecule has 1 saturated carbocycles. The van der Waals surface area contributed by atoms with Gasteiger partial charge < -0.3 is 23.9 Å². The summed E-state index contributed by atoms with van der Waals surface area (Å²) in [5.74, 6) is 0.501. The van der Waals surface area contributed by atoms with E-state index in [1.165, 1.54) is 12.8 Å². The molecule has 3 heterocycles. The highest BCUT2D eigenvalue weighted by atomic mass is 16.5. The van der Waals surface area contributed by atoms with Crippen molar-refractivity contribution in [3.05, 3.63) is 53.9 Å². The van der Waals surface area contributed by atoms with E-state index in [1.54, 1.807) is 24.3 Å². The molecule has 7 heteroatoms. The van der Waals surface area contributed by atoms with Gasteiger partial charge in [-0.05, 0) is 37.5 Å². The first kappa shape index (κ1) is 21.6. The van der Waals surface area contributed by atoms with Crippen molar-refractivity contribution in [2.75, 3.05) is 7.11 Å². The topological polar surface area (TPSA) is 76.7 Å². The molecule has 0 radical (unpaired) electrons. The molecule has 3 aromatic rings. The summed E-state index contributed by atoms with van der Waals surface area (Å²) in [4.78, 5) is 29.2. The lowest BCUT2D eigenvalue weighted by molar-refractivity contribution is -0.134. The maximum atomic E-state index is 13.8. The van der Waals surface area contributed by atoms with Gasteiger partial charge in [0.1, 0.15) is 17.0 Å². The van der Waals surface area contributed by atoms with Gasteiger partial charge in [-0.1, -0.05) is 37.8 Å². The molecule has 0 saturated heterocycles. The van der Waals surface area contributed by atoms with E-state index in [1.807, 2.05) is 41.8 Å². The standard InChI is InChI=1S/C26H31N3O4/c1-26(25(31)27-19-7-5-3-4-6-8-19)17-28-21-13-14-33-23(21)15-22(28)24(30)29(26)16-18-9-11-20(32-2)12-10-18/h9-15,19H,3-8,16-17H2,1-2H3,(H,27,31)/t26-/m0/s1. The highest BCUT2D eigenvalue weighted by Gasteiger charge is 2.48. The molecule has 0 unspecified atom stereocenters. The number of aromatic nitrogens is 1. The number of amides is 2. The highest BCUT2D eigenvalue weighted by molar-refractivity contribution is 6.02. The van der Waals surface area contributed by atoms with E-state index in [2.05, 4.69) is 5.32 Å². The van der Waals surface area contributed by atoms with E-state index in [0.29, 0.717) is 24.4 Å². The Kier molecular flexibility index (Phi) is 5.64. The van der Waals surface area contributed by atoms with Crippen LogP contribution in [0.1, 0.15) is 61.5 Å². The molecule has 7 nitrogen and oxygen atoms in total. The van der Waals surface area contributed by atoms with Gasteiger partial charge in [0.05, 0.1) is 25.4 Å². The summed E-state index contributed by atoms with van der Waals surface area (Å²) in [7, 11) is 1.63. The van der Waals surface area contributed by atoms with Crippen molar-refractivity contribution in [2.45, 2.75) is 70.1 Å². The highest BCUT2D eigenvalue weighted by Crippen LogP contribution is 2.34. The molecule has 2 amide bonds.